The van der Waals surface area contributed by atoms with Crippen molar-refractivity contribution in [3.8, 4) is 5.88 Å². The van der Waals surface area contributed by atoms with Gasteiger partial charge in [-0.25, -0.2) is 4.68 Å². The second-order valence-corrected chi connectivity index (χ2v) is 5.78. The normalized spacial score (nSPS) is 21.6. The summed E-state index contributed by atoms with van der Waals surface area (Å²) in [6, 6.07) is 0.788. The van der Waals surface area contributed by atoms with Gasteiger partial charge in [0, 0.05) is 32.7 Å². The van der Waals surface area contributed by atoms with E-state index in [1.54, 1.807) is 11.8 Å². The minimum Gasteiger partial charge on any atom is -0.481 e. The van der Waals surface area contributed by atoms with Crippen molar-refractivity contribution < 1.29 is 4.74 Å². The number of hydrogen-bond acceptors (Lipinski definition) is 5. The maximum absolute atomic E-state index is 6.06. The number of likely N-dealkylation sites (tertiary alicyclic amines) is 1. The first-order valence-electron chi connectivity index (χ1n) is 7.17. The maximum atomic E-state index is 6.06. The van der Waals surface area contributed by atoms with E-state index >= 15 is 0 Å². The monoisotopic (exact) mass is 281 g/mol. The molecule has 1 aromatic heterocycles. The summed E-state index contributed by atoms with van der Waals surface area (Å²) in [5.41, 5.74) is 8.20. The van der Waals surface area contributed by atoms with Gasteiger partial charge in [-0.2, -0.15) is 5.10 Å². The summed E-state index contributed by atoms with van der Waals surface area (Å²) in [5, 5.41) is 4.48. The molecule has 2 unspecified atom stereocenters. The molecule has 2 heterocycles. The third kappa shape index (κ3) is 2.68. The number of aryl methyl sites for hydroxylation is 2. The van der Waals surface area contributed by atoms with Crippen LogP contribution in [0.3, 0.4) is 0 Å². The lowest BCUT2D eigenvalue weighted by molar-refractivity contribution is 0.215. The highest BCUT2D eigenvalue weighted by Gasteiger charge is 2.33. The molecule has 1 aliphatic rings. The molecule has 0 bridgehead atoms. The van der Waals surface area contributed by atoms with E-state index in [0.717, 1.165) is 30.2 Å². The fraction of sp³-hybridized carbons (Fsp3) is 0.786. The average Bonchev–Trinajstić information content (AvgIpc) is 2.97. The molecule has 0 aromatic carbocycles. The van der Waals surface area contributed by atoms with Crippen molar-refractivity contribution in [1.29, 1.82) is 0 Å². The zero-order valence-electron chi connectivity index (χ0n) is 13.3. The Balaban J connectivity index is 2.25. The summed E-state index contributed by atoms with van der Waals surface area (Å²) in [7, 11) is 7.89. The molecular formula is C14H27N5O. The van der Waals surface area contributed by atoms with E-state index in [4.69, 9.17) is 10.5 Å². The minimum absolute atomic E-state index is 0.184. The van der Waals surface area contributed by atoms with E-state index in [2.05, 4.69) is 29.0 Å². The summed E-state index contributed by atoms with van der Waals surface area (Å²) >= 11 is 0. The highest BCUT2D eigenvalue weighted by atomic mass is 16.5. The van der Waals surface area contributed by atoms with Crippen molar-refractivity contribution in [2.45, 2.75) is 25.4 Å². The molecule has 0 aliphatic carbocycles. The second kappa shape index (κ2) is 6.11. The lowest BCUT2D eigenvalue weighted by Crippen LogP contribution is -2.36. The maximum Gasteiger partial charge on any atom is 0.216 e. The molecule has 20 heavy (non-hydrogen) atoms. The lowest BCUT2D eigenvalue weighted by Gasteiger charge is -2.28. The van der Waals surface area contributed by atoms with Crippen molar-refractivity contribution >= 4 is 0 Å². The highest BCUT2D eigenvalue weighted by Crippen LogP contribution is 2.33. The van der Waals surface area contributed by atoms with Crippen LogP contribution in [0, 0.1) is 6.92 Å². The van der Waals surface area contributed by atoms with Crippen molar-refractivity contribution in [3.05, 3.63) is 11.3 Å². The number of nitrogens with zero attached hydrogens (tertiary/aromatic N) is 4. The van der Waals surface area contributed by atoms with Gasteiger partial charge in [-0.1, -0.05) is 0 Å². The van der Waals surface area contributed by atoms with Crippen LogP contribution in [0.2, 0.25) is 0 Å². The third-order valence-corrected chi connectivity index (χ3v) is 4.33. The average molecular weight is 281 g/mol. The van der Waals surface area contributed by atoms with E-state index in [9.17, 15) is 0 Å². The van der Waals surface area contributed by atoms with Gasteiger partial charge in [0.1, 0.15) is 0 Å². The van der Waals surface area contributed by atoms with Gasteiger partial charge in [-0.05, 0) is 27.4 Å². The molecule has 6 nitrogen and oxygen atoms in total. The van der Waals surface area contributed by atoms with Crippen molar-refractivity contribution in [3.63, 3.8) is 0 Å². The van der Waals surface area contributed by atoms with Crippen molar-refractivity contribution in [1.82, 2.24) is 19.6 Å². The van der Waals surface area contributed by atoms with Crippen LogP contribution >= 0.6 is 0 Å². The van der Waals surface area contributed by atoms with Gasteiger partial charge >= 0.3 is 0 Å². The van der Waals surface area contributed by atoms with Gasteiger partial charge in [0.2, 0.25) is 5.88 Å². The Bertz CT molecular complexity index is 457. The van der Waals surface area contributed by atoms with Crippen LogP contribution in [-0.2, 0) is 7.05 Å². The fourth-order valence-electron chi connectivity index (χ4n) is 3.20. The fourth-order valence-corrected chi connectivity index (χ4v) is 3.20. The Morgan fingerprint density at radius 1 is 1.50 bits per heavy atom. The van der Waals surface area contributed by atoms with Crippen LogP contribution in [0.4, 0.5) is 0 Å². The number of hydrogen-bond donors (Lipinski definition) is 1. The summed E-state index contributed by atoms with van der Waals surface area (Å²) in [4.78, 5) is 4.75. The molecule has 1 aromatic rings. The van der Waals surface area contributed by atoms with Crippen LogP contribution in [0.5, 0.6) is 5.88 Å². The van der Waals surface area contributed by atoms with E-state index in [-0.39, 0.29) is 6.04 Å². The van der Waals surface area contributed by atoms with Gasteiger partial charge in [0.25, 0.3) is 0 Å². The zero-order chi connectivity index (χ0) is 14.9. The number of ether oxygens (including phenoxy) is 1. The van der Waals surface area contributed by atoms with E-state index in [1.807, 2.05) is 14.0 Å². The van der Waals surface area contributed by atoms with Gasteiger partial charge in [-0.3, -0.25) is 4.90 Å². The summed E-state index contributed by atoms with van der Waals surface area (Å²) in [6.07, 6.45) is 1.19. The van der Waals surface area contributed by atoms with Crippen LogP contribution in [0.25, 0.3) is 0 Å². The van der Waals surface area contributed by atoms with Gasteiger partial charge in [0.15, 0.2) is 0 Å². The molecular weight excluding hydrogens is 254 g/mol. The van der Waals surface area contributed by atoms with Crippen molar-refractivity contribution in [2.75, 3.05) is 40.8 Å². The molecule has 1 aliphatic heterocycles. The summed E-state index contributed by atoms with van der Waals surface area (Å²) in [6.45, 7) is 4.73. The molecule has 2 rings (SSSR count). The topological polar surface area (TPSA) is 59.6 Å². The molecule has 2 N–H and O–H groups in total. The SMILES string of the molecule is COc1c(C(CN)N2CCC(N(C)C)C2)c(C)nn1C. The molecule has 0 radical (unpaired) electrons. The Morgan fingerprint density at radius 2 is 2.20 bits per heavy atom. The molecule has 0 saturated carbocycles. The van der Waals surface area contributed by atoms with E-state index in [1.165, 1.54) is 6.42 Å². The van der Waals surface area contributed by atoms with Crippen LogP contribution in [0.15, 0.2) is 0 Å². The first-order valence-corrected chi connectivity index (χ1v) is 7.17. The minimum atomic E-state index is 0.184. The largest absolute Gasteiger partial charge is 0.481 e. The molecule has 114 valence electrons. The number of methoxy groups -OCH3 is 1. The second-order valence-electron chi connectivity index (χ2n) is 5.78. The first kappa shape index (κ1) is 15.3. The predicted octanol–water partition coefficient (Wildman–Crippen LogP) is 0.373. The number of likely N-dealkylation sites (N-methyl/N-ethyl adjacent to an activating group) is 1. The van der Waals surface area contributed by atoms with Gasteiger partial charge < -0.3 is 15.4 Å². The van der Waals surface area contributed by atoms with Crippen LogP contribution in [-0.4, -0.2) is 66.5 Å². The van der Waals surface area contributed by atoms with Crippen LogP contribution in [0.1, 0.15) is 23.7 Å². The summed E-state index contributed by atoms with van der Waals surface area (Å²) in [5.74, 6) is 0.825. The standard InChI is InChI=1S/C14H27N5O/c1-10-13(14(20-5)18(4)16-10)12(8-15)19-7-6-11(9-19)17(2)3/h11-12H,6-9,15H2,1-5H3. The predicted molar refractivity (Wildman–Crippen MR) is 80.0 cm³/mol. The first-order chi connectivity index (χ1) is 9.49. The Morgan fingerprint density at radius 3 is 2.70 bits per heavy atom. The lowest BCUT2D eigenvalue weighted by atomic mass is 10.1. The Kier molecular flexibility index (Phi) is 4.67. The Labute approximate surface area is 121 Å². The molecule has 0 spiro atoms. The van der Waals surface area contributed by atoms with E-state index in [0.29, 0.717) is 12.6 Å². The third-order valence-electron chi connectivity index (χ3n) is 4.33. The molecule has 1 saturated heterocycles. The highest BCUT2D eigenvalue weighted by molar-refractivity contribution is 5.34. The smallest absolute Gasteiger partial charge is 0.216 e. The van der Waals surface area contributed by atoms with Crippen LogP contribution < -0.4 is 10.5 Å². The molecule has 2 atom stereocenters. The molecule has 0 amide bonds. The quantitative estimate of drug-likeness (QED) is 0.845. The van der Waals surface area contributed by atoms with E-state index < -0.39 is 0 Å². The number of nitrogens with two attached hydrogens (primary N) is 1. The molecule has 6 heteroatoms. The summed E-state index contributed by atoms with van der Waals surface area (Å²) < 4.78 is 7.32. The van der Waals surface area contributed by atoms with Gasteiger partial charge in [0.05, 0.1) is 24.4 Å². The number of rotatable bonds is 5. The molecule has 1 fully saturated rings. The number of aromatic nitrogens is 2. The van der Waals surface area contributed by atoms with Gasteiger partial charge in [-0.15, -0.1) is 0 Å². The Hall–Kier alpha value is -1.11. The zero-order valence-corrected chi connectivity index (χ0v) is 13.3. The van der Waals surface area contributed by atoms with Crippen molar-refractivity contribution in [2.24, 2.45) is 12.8 Å².